The Hall–Kier alpha value is -1.92. The Morgan fingerprint density at radius 1 is 0.500 bits per heavy atom. The van der Waals surface area contributed by atoms with E-state index in [4.69, 9.17) is 4.74 Å². The average Bonchev–Trinajstić information content (AvgIpc) is 3.24. The monoisotopic (exact) mass is 844 g/mol. The number of nitrogens with one attached hydrogen (secondary N) is 1. The quantitative estimate of drug-likeness (QED) is 0.0322. The molecule has 6 nitrogen and oxygen atoms in total. The number of carbonyl (C=O) groups is 2. The number of hydrogen-bond acceptors (Lipinski definition) is 5. The smallest absolute Gasteiger partial charge is 0.306 e. The van der Waals surface area contributed by atoms with Crippen molar-refractivity contribution in [2.45, 2.75) is 289 Å². The maximum atomic E-state index is 13.2. The second-order valence-electron chi connectivity index (χ2n) is 18.0. The summed E-state index contributed by atoms with van der Waals surface area (Å²) in [6, 6.07) is -0.705. The van der Waals surface area contributed by atoms with Gasteiger partial charge >= 0.3 is 5.97 Å². The third kappa shape index (κ3) is 42.8. The van der Waals surface area contributed by atoms with Gasteiger partial charge in [0.05, 0.1) is 25.2 Å². The van der Waals surface area contributed by atoms with Crippen LogP contribution in [0.15, 0.2) is 36.5 Å². The van der Waals surface area contributed by atoms with E-state index in [9.17, 15) is 19.8 Å². The maximum Gasteiger partial charge on any atom is 0.306 e. The fourth-order valence-electron chi connectivity index (χ4n) is 8.08. The first-order valence-corrected chi connectivity index (χ1v) is 26.2. The Morgan fingerprint density at radius 3 is 1.35 bits per heavy atom. The number of unbranched alkanes of at least 4 members (excludes halogenated alkanes) is 31. The average molecular weight is 844 g/mol. The number of aliphatic hydroxyl groups is 2. The molecule has 0 aromatic heterocycles. The second kappa shape index (κ2) is 48.1. The standard InChI is InChI=1S/C54H101NO5/c1-4-7-10-13-16-19-22-25-26-27-29-31-34-37-40-43-46-52(57)51(49-56)55-53(58)48-50(45-42-39-36-33-30-28-23-20-17-14-11-8-5-2)60-54(59)47-44-41-38-35-32-24-21-18-15-12-9-6-3/h8,11,14,17,20,23,50-52,56-57H,4-7,9-10,12-13,15-16,18-19,21-22,24-49H2,1-3H3,(H,55,58)/b11-8+,17-14+,23-20+. The summed E-state index contributed by atoms with van der Waals surface area (Å²) in [7, 11) is 0. The number of allylic oxidation sites excluding steroid dienone is 6. The summed E-state index contributed by atoms with van der Waals surface area (Å²) >= 11 is 0. The first kappa shape index (κ1) is 58.1. The van der Waals surface area contributed by atoms with Gasteiger partial charge in [-0.05, 0) is 44.9 Å². The number of carbonyl (C=O) groups excluding carboxylic acids is 2. The maximum absolute atomic E-state index is 13.2. The van der Waals surface area contributed by atoms with E-state index >= 15 is 0 Å². The van der Waals surface area contributed by atoms with Gasteiger partial charge in [0.2, 0.25) is 5.91 Å². The van der Waals surface area contributed by atoms with E-state index in [2.05, 4.69) is 62.5 Å². The summed E-state index contributed by atoms with van der Waals surface area (Å²) in [5.74, 6) is -0.484. The molecule has 3 N–H and O–H groups in total. The Morgan fingerprint density at radius 2 is 0.900 bits per heavy atom. The molecule has 0 aliphatic carbocycles. The normalized spacial score (nSPS) is 13.5. The summed E-state index contributed by atoms with van der Waals surface area (Å²) in [5, 5.41) is 23.8. The lowest BCUT2D eigenvalue weighted by atomic mass is 10.0. The molecular weight excluding hydrogens is 743 g/mol. The van der Waals surface area contributed by atoms with Crippen LogP contribution in [0, 0.1) is 0 Å². The zero-order valence-electron chi connectivity index (χ0n) is 40.1. The number of amides is 1. The van der Waals surface area contributed by atoms with Crippen LogP contribution in [0.25, 0.3) is 0 Å². The molecule has 0 saturated carbocycles. The highest BCUT2D eigenvalue weighted by Crippen LogP contribution is 2.18. The van der Waals surface area contributed by atoms with Crippen molar-refractivity contribution in [1.29, 1.82) is 0 Å². The molecule has 0 saturated heterocycles. The number of aliphatic hydroxyl groups excluding tert-OH is 2. The van der Waals surface area contributed by atoms with Gasteiger partial charge in [-0.3, -0.25) is 9.59 Å². The molecule has 0 bridgehead atoms. The van der Waals surface area contributed by atoms with E-state index in [1.807, 2.05) is 0 Å². The van der Waals surface area contributed by atoms with E-state index in [1.165, 1.54) is 148 Å². The fraction of sp³-hybridized carbons (Fsp3) is 0.852. The molecule has 0 aliphatic rings. The molecule has 0 heterocycles. The van der Waals surface area contributed by atoms with E-state index in [0.29, 0.717) is 19.3 Å². The minimum absolute atomic E-state index is 0.0677. The molecule has 0 aromatic carbocycles. The van der Waals surface area contributed by atoms with Crippen LogP contribution in [0.2, 0.25) is 0 Å². The second-order valence-corrected chi connectivity index (χ2v) is 18.0. The minimum atomic E-state index is -0.791. The lowest BCUT2D eigenvalue weighted by Gasteiger charge is -2.24. The van der Waals surface area contributed by atoms with Gasteiger partial charge in [0.15, 0.2) is 0 Å². The first-order valence-electron chi connectivity index (χ1n) is 26.2. The summed E-state index contributed by atoms with van der Waals surface area (Å²) in [5.41, 5.74) is 0. The van der Waals surface area contributed by atoms with E-state index in [0.717, 1.165) is 77.0 Å². The lowest BCUT2D eigenvalue weighted by Crippen LogP contribution is -2.46. The summed E-state index contributed by atoms with van der Waals surface area (Å²) in [4.78, 5) is 26.1. The van der Waals surface area contributed by atoms with Gasteiger partial charge < -0.3 is 20.3 Å². The largest absolute Gasteiger partial charge is 0.462 e. The summed E-state index contributed by atoms with van der Waals surface area (Å²) < 4.78 is 5.92. The molecule has 6 heteroatoms. The van der Waals surface area contributed by atoms with Crippen LogP contribution < -0.4 is 5.32 Å². The number of rotatable bonds is 47. The predicted molar refractivity (Wildman–Crippen MR) is 259 cm³/mol. The molecule has 0 spiro atoms. The highest BCUT2D eigenvalue weighted by Gasteiger charge is 2.24. The summed E-state index contributed by atoms with van der Waals surface area (Å²) in [6.45, 7) is 6.36. The van der Waals surface area contributed by atoms with Crippen LogP contribution in [-0.2, 0) is 14.3 Å². The fourth-order valence-corrected chi connectivity index (χ4v) is 8.08. The zero-order valence-corrected chi connectivity index (χ0v) is 40.1. The Balaban J connectivity index is 4.52. The molecule has 3 unspecified atom stereocenters. The van der Waals surface area contributed by atoms with E-state index in [-0.39, 0.29) is 24.9 Å². The molecule has 60 heavy (non-hydrogen) atoms. The molecule has 352 valence electrons. The van der Waals surface area contributed by atoms with Crippen molar-refractivity contribution >= 4 is 11.9 Å². The van der Waals surface area contributed by atoms with E-state index in [1.54, 1.807) is 0 Å². The highest BCUT2D eigenvalue weighted by atomic mass is 16.5. The number of hydrogen-bond donors (Lipinski definition) is 3. The lowest BCUT2D eigenvalue weighted by molar-refractivity contribution is -0.151. The van der Waals surface area contributed by atoms with Crippen molar-refractivity contribution in [3.8, 4) is 0 Å². The topological polar surface area (TPSA) is 95.9 Å². The van der Waals surface area contributed by atoms with Gasteiger partial charge in [0.25, 0.3) is 0 Å². The van der Waals surface area contributed by atoms with Crippen molar-refractivity contribution in [3.63, 3.8) is 0 Å². The van der Waals surface area contributed by atoms with Gasteiger partial charge in [-0.1, -0.05) is 250 Å². The van der Waals surface area contributed by atoms with Crippen molar-refractivity contribution in [1.82, 2.24) is 5.32 Å². The molecule has 1 amide bonds. The van der Waals surface area contributed by atoms with Crippen molar-refractivity contribution in [2.75, 3.05) is 6.61 Å². The molecule has 0 radical (unpaired) electrons. The third-order valence-corrected chi connectivity index (χ3v) is 12.0. The highest BCUT2D eigenvalue weighted by molar-refractivity contribution is 5.77. The van der Waals surface area contributed by atoms with Gasteiger partial charge in [0, 0.05) is 6.42 Å². The third-order valence-electron chi connectivity index (χ3n) is 12.0. The van der Waals surface area contributed by atoms with Crippen molar-refractivity contribution in [2.24, 2.45) is 0 Å². The van der Waals surface area contributed by atoms with E-state index < -0.39 is 18.2 Å². The van der Waals surface area contributed by atoms with Crippen molar-refractivity contribution < 1.29 is 24.5 Å². The minimum Gasteiger partial charge on any atom is -0.462 e. The first-order chi connectivity index (χ1) is 29.5. The molecule has 0 aromatic rings. The Kier molecular flexibility index (Phi) is 46.6. The van der Waals surface area contributed by atoms with Crippen LogP contribution in [-0.4, -0.2) is 46.9 Å². The van der Waals surface area contributed by atoms with Gasteiger partial charge in [-0.15, -0.1) is 0 Å². The van der Waals surface area contributed by atoms with Crippen LogP contribution in [0.3, 0.4) is 0 Å². The van der Waals surface area contributed by atoms with Gasteiger partial charge in [-0.2, -0.15) is 0 Å². The van der Waals surface area contributed by atoms with Crippen LogP contribution in [0.4, 0.5) is 0 Å². The predicted octanol–water partition coefficient (Wildman–Crippen LogP) is 15.7. The molecule has 0 rings (SSSR count). The van der Waals surface area contributed by atoms with Crippen molar-refractivity contribution in [3.05, 3.63) is 36.5 Å². The van der Waals surface area contributed by atoms with Gasteiger partial charge in [-0.25, -0.2) is 0 Å². The number of esters is 1. The zero-order chi connectivity index (χ0) is 43.8. The van der Waals surface area contributed by atoms with Gasteiger partial charge in [0.1, 0.15) is 6.10 Å². The Labute approximate surface area is 373 Å². The molecule has 0 aliphatic heterocycles. The SMILES string of the molecule is CC/C=C/C=C/C=C/CCCCCCCC(CC(=O)NC(CO)C(O)CCCCCCCCCCCCCCCCCC)OC(=O)CCCCCCCCCCCCCC. The molecular formula is C54H101NO5. The Bertz CT molecular complexity index is 993. The van der Waals surface area contributed by atoms with Crippen LogP contribution in [0.1, 0.15) is 271 Å². The molecule has 0 fully saturated rings. The van der Waals surface area contributed by atoms with Crippen LogP contribution in [0.5, 0.6) is 0 Å². The number of ether oxygens (including phenoxy) is 1. The van der Waals surface area contributed by atoms with Crippen LogP contribution >= 0.6 is 0 Å². The summed E-state index contributed by atoms with van der Waals surface area (Å²) in [6.07, 6.45) is 56.3. The molecule has 3 atom stereocenters.